The molecule has 0 aromatic heterocycles. The van der Waals surface area contributed by atoms with Crippen LogP contribution in [0.4, 0.5) is 0 Å². The zero-order valence-electron chi connectivity index (χ0n) is 21.6. The lowest BCUT2D eigenvalue weighted by atomic mass is 9.51. The Morgan fingerprint density at radius 2 is 1.73 bits per heavy atom. The van der Waals surface area contributed by atoms with Crippen molar-refractivity contribution in [3.05, 3.63) is 35.9 Å². The summed E-state index contributed by atoms with van der Waals surface area (Å²) < 4.78 is 0. The van der Waals surface area contributed by atoms with Crippen molar-refractivity contribution in [3.8, 4) is 0 Å². The second-order valence-electron chi connectivity index (χ2n) is 13.1. The average molecular weight is 471 g/mol. The van der Waals surface area contributed by atoms with Gasteiger partial charge in [-0.05, 0) is 78.6 Å². The number of nitrogens with zero attached hydrogens (tertiary/aromatic N) is 1. The molecule has 2 N–H and O–H groups in total. The third-order valence-electron chi connectivity index (χ3n) is 8.77. The van der Waals surface area contributed by atoms with Gasteiger partial charge in [0.05, 0.1) is 0 Å². The molecule has 4 heteroatoms. The van der Waals surface area contributed by atoms with Crippen LogP contribution in [-0.2, 0) is 10.2 Å². The molecule has 1 aromatic rings. The van der Waals surface area contributed by atoms with Crippen LogP contribution >= 0.6 is 11.8 Å². The Kier molecular flexibility index (Phi) is 7.28. The van der Waals surface area contributed by atoms with Crippen molar-refractivity contribution >= 4 is 18.2 Å². The first-order chi connectivity index (χ1) is 15.5. The number of piperidine rings is 1. The fourth-order valence-corrected chi connectivity index (χ4v) is 8.87. The van der Waals surface area contributed by atoms with E-state index in [1.807, 2.05) is 0 Å². The minimum atomic E-state index is 0.0825. The van der Waals surface area contributed by atoms with Gasteiger partial charge < -0.3 is 10.6 Å². The highest BCUT2D eigenvalue weighted by molar-refractivity contribution is 8.00. The first-order valence-electron chi connectivity index (χ1n) is 13.2. The van der Waals surface area contributed by atoms with E-state index in [0.717, 1.165) is 48.3 Å². The molecular formula is C29H46N2OS. The van der Waals surface area contributed by atoms with E-state index < -0.39 is 0 Å². The van der Waals surface area contributed by atoms with Crippen molar-refractivity contribution in [2.75, 3.05) is 13.1 Å². The van der Waals surface area contributed by atoms with Crippen molar-refractivity contribution in [2.45, 2.75) is 102 Å². The van der Waals surface area contributed by atoms with Crippen LogP contribution in [0.15, 0.2) is 30.3 Å². The summed E-state index contributed by atoms with van der Waals surface area (Å²) in [6.07, 6.45) is 10.5. The maximum Gasteiger partial charge on any atom is 0.209 e. The molecule has 184 valence electrons. The van der Waals surface area contributed by atoms with Crippen LogP contribution < -0.4 is 5.73 Å². The maximum absolute atomic E-state index is 10.4. The predicted octanol–water partition coefficient (Wildman–Crippen LogP) is 6.26. The highest BCUT2D eigenvalue weighted by Crippen LogP contribution is 2.61. The highest BCUT2D eigenvalue weighted by atomic mass is 32.2. The van der Waals surface area contributed by atoms with E-state index in [9.17, 15) is 4.79 Å². The number of benzene rings is 1. The molecule has 33 heavy (non-hydrogen) atoms. The van der Waals surface area contributed by atoms with Crippen LogP contribution in [0, 0.1) is 22.7 Å². The van der Waals surface area contributed by atoms with Gasteiger partial charge >= 0.3 is 0 Å². The van der Waals surface area contributed by atoms with Crippen molar-refractivity contribution in [3.63, 3.8) is 0 Å². The number of thioether (sulfide) groups is 1. The van der Waals surface area contributed by atoms with Crippen molar-refractivity contribution < 1.29 is 4.79 Å². The lowest BCUT2D eigenvalue weighted by Crippen LogP contribution is -2.51. The molecule has 1 aliphatic heterocycles. The Bertz CT molecular complexity index is 801. The number of carbonyl (C=O) groups excluding carboxylic acids is 1. The van der Waals surface area contributed by atoms with Crippen LogP contribution in [0.2, 0.25) is 0 Å². The van der Waals surface area contributed by atoms with E-state index >= 15 is 0 Å². The number of hydrogen-bond donors (Lipinski definition) is 1. The minimum absolute atomic E-state index is 0.0825. The minimum Gasteiger partial charge on any atom is -0.345 e. The third kappa shape index (κ3) is 5.81. The summed E-state index contributed by atoms with van der Waals surface area (Å²) in [7, 11) is 0. The molecule has 5 unspecified atom stereocenters. The van der Waals surface area contributed by atoms with E-state index in [-0.39, 0.29) is 11.5 Å². The molecule has 3 nitrogen and oxygen atoms in total. The Morgan fingerprint density at radius 1 is 1.03 bits per heavy atom. The van der Waals surface area contributed by atoms with Gasteiger partial charge in [0.2, 0.25) is 6.41 Å². The first kappa shape index (κ1) is 25.1. The first-order valence-corrected chi connectivity index (χ1v) is 14.1. The SMILES string of the molecule is CC1(C)CN(C=O)CCC1N.CC1CC2(c3ccccc3)CC(CC(C)(C)C2)C1SC1CC1. The summed E-state index contributed by atoms with van der Waals surface area (Å²) in [6, 6.07) is 11.7. The molecule has 5 atom stereocenters. The number of hydrogen-bond acceptors (Lipinski definition) is 3. The number of fused-ring (bicyclic) bond motifs is 2. The molecule has 1 saturated heterocycles. The number of amides is 1. The molecule has 0 spiro atoms. The van der Waals surface area contributed by atoms with Gasteiger partial charge in [0.15, 0.2) is 0 Å². The maximum atomic E-state index is 10.4. The average Bonchev–Trinajstić information content (AvgIpc) is 3.57. The molecule has 3 saturated carbocycles. The summed E-state index contributed by atoms with van der Waals surface area (Å²) in [5.41, 5.74) is 8.54. The smallest absolute Gasteiger partial charge is 0.209 e. The Hall–Kier alpha value is -1.00. The lowest BCUT2D eigenvalue weighted by molar-refractivity contribution is -0.121. The van der Waals surface area contributed by atoms with Crippen LogP contribution in [0.5, 0.6) is 0 Å². The Balaban J connectivity index is 0.000000200. The summed E-state index contributed by atoms with van der Waals surface area (Å²) >= 11 is 2.36. The van der Waals surface area contributed by atoms with E-state index in [2.05, 4.69) is 76.7 Å². The zero-order chi connectivity index (χ0) is 23.9. The normalized spacial score (nSPS) is 37.0. The Morgan fingerprint density at radius 3 is 2.33 bits per heavy atom. The van der Waals surface area contributed by atoms with Crippen molar-refractivity contribution in [2.24, 2.45) is 28.4 Å². The molecule has 4 aliphatic rings. The molecule has 1 aromatic carbocycles. The molecular weight excluding hydrogens is 424 g/mol. The molecule has 3 aliphatic carbocycles. The molecule has 4 fully saturated rings. The molecule has 5 rings (SSSR count). The van der Waals surface area contributed by atoms with Crippen LogP contribution in [-0.4, -0.2) is 40.9 Å². The van der Waals surface area contributed by atoms with Gasteiger partial charge in [-0.15, -0.1) is 0 Å². The molecule has 1 amide bonds. The summed E-state index contributed by atoms with van der Waals surface area (Å²) in [6.45, 7) is 13.4. The second kappa shape index (κ2) is 9.57. The Labute approximate surface area is 206 Å². The highest BCUT2D eigenvalue weighted by Gasteiger charge is 2.53. The third-order valence-corrected chi connectivity index (χ3v) is 10.8. The largest absolute Gasteiger partial charge is 0.345 e. The van der Waals surface area contributed by atoms with Gasteiger partial charge in [-0.25, -0.2) is 0 Å². The van der Waals surface area contributed by atoms with E-state index in [1.54, 1.807) is 10.5 Å². The molecule has 0 radical (unpaired) electrons. The topological polar surface area (TPSA) is 46.3 Å². The standard InChI is InChI=1S/C21H30S.C8H16N2O/c1-15-11-21(17-7-5-4-6-8-17)13-16(12-20(2,3)14-21)19(15)22-18-9-10-18;1-8(2)5-10(6-11)4-3-7(8)9/h4-8,15-16,18-19H,9-14H2,1-3H3;6-7H,3-5,9H2,1-2H3. The quantitative estimate of drug-likeness (QED) is 0.529. The van der Waals surface area contributed by atoms with E-state index in [0.29, 0.717) is 10.8 Å². The van der Waals surface area contributed by atoms with E-state index in [4.69, 9.17) is 5.73 Å². The van der Waals surface area contributed by atoms with Gasteiger partial charge in [-0.3, -0.25) is 4.79 Å². The summed E-state index contributed by atoms with van der Waals surface area (Å²) in [5.74, 6) is 1.80. The van der Waals surface area contributed by atoms with Crippen molar-refractivity contribution in [1.82, 2.24) is 4.90 Å². The number of nitrogens with two attached hydrogens (primary N) is 1. The van der Waals surface area contributed by atoms with Gasteiger partial charge in [-0.2, -0.15) is 11.8 Å². The van der Waals surface area contributed by atoms with E-state index in [1.165, 1.54) is 38.5 Å². The molecule has 1 heterocycles. The number of likely N-dealkylation sites (tertiary alicyclic amines) is 1. The van der Waals surface area contributed by atoms with Crippen LogP contribution in [0.1, 0.15) is 85.1 Å². The number of carbonyl (C=O) groups is 1. The fourth-order valence-electron chi connectivity index (χ4n) is 7.24. The summed E-state index contributed by atoms with van der Waals surface area (Å²) in [4.78, 5) is 12.2. The van der Waals surface area contributed by atoms with Crippen LogP contribution in [0.3, 0.4) is 0 Å². The van der Waals surface area contributed by atoms with Gasteiger partial charge in [-0.1, -0.05) is 65.0 Å². The monoisotopic (exact) mass is 470 g/mol. The zero-order valence-corrected chi connectivity index (χ0v) is 22.4. The van der Waals surface area contributed by atoms with Gasteiger partial charge in [0.25, 0.3) is 0 Å². The molecule has 2 bridgehead atoms. The second-order valence-corrected chi connectivity index (χ2v) is 14.6. The van der Waals surface area contributed by atoms with Gasteiger partial charge in [0.1, 0.15) is 0 Å². The fraction of sp³-hybridized carbons (Fsp3) is 0.759. The summed E-state index contributed by atoms with van der Waals surface area (Å²) in [5, 5.41) is 1.92. The lowest BCUT2D eigenvalue weighted by Gasteiger charge is -2.57. The van der Waals surface area contributed by atoms with Crippen LogP contribution in [0.25, 0.3) is 0 Å². The van der Waals surface area contributed by atoms with Gasteiger partial charge in [0, 0.05) is 29.6 Å². The predicted molar refractivity (Wildman–Crippen MR) is 141 cm³/mol. The van der Waals surface area contributed by atoms with Crippen molar-refractivity contribution in [1.29, 1.82) is 0 Å². The number of rotatable bonds is 4.